The molecule has 3 aromatic carbocycles. The molecule has 0 unspecified atom stereocenters. The fraction of sp³-hybridized carbons (Fsp3) is 0.538. The molecule has 0 atom stereocenters. The number of anilines is 1. The molecule has 0 aliphatic rings. The van der Waals surface area contributed by atoms with Crippen LogP contribution in [-0.2, 0) is 0 Å². The highest BCUT2D eigenvalue weighted by molar-refractivity contribution is 6.39. The molecule has 0 heterocycles. The lowest BCUT2D eigenvalue weighted by molar-refractivity contribution is 0.299. The Balaban J connectivity index is 1.89. The summed E-state index contributed by atoms with van der Waals surface area (Å²) in [4.78, 5) is 1.51. The van der Waals surface area contributed by atoms with E-state index in [0.29, 0.717) is 43.2 Å². The SMILES string of the molecule is CCCCCCCCCCCCCN(CCCCCCCC)c1c(OB(Oc2cc(F)c(F)c(F)c2)Oc2cc(F)c(F)c(F)c2)cc(F)c(F)c1F. The molecule has 0 bridgehead atoms. The molecule has 53 heavy (non-hydrogen) atoms. The Morgan fingerprint density at radius 1 is 0.415 bits per heavy atom. The number of unbranched alkanes of at least 4 members (excludes halogenated alkanes) is 15. The summed E-state index contributed by atoms with van der Waals surface area (Å²) >= 11 is 0. The summed E-state index contributed by atoms with van der Waals surface area (Å²) < 4.78 is 145. The molecule has 4 nitrogen and oxygen atoms in total. The molecule has 0 aliphatic heterocycles. The number of hydrogen-bond acceptors (Lipinski definition) is 4. The van der Waals surface area contributed by atoms with Crippen molar-refractivity contribution in [3.05, 3.63) is 82.7 Å². The molecule has 0 spiro atoms. The third-order valence-corrected chi connectivity index (χ3v) is 8.83. The Bertz CT molecular complexity index is 1460. The molecule has 0 N–H and O–H groups in total. The maximum absolute atomic E-state index is 15.8. The highest BCUT2D eigenvalue weighted by Gasteiger charge is 2.35. The van der Waals surface area contributed by atoms with E-state index in [2.05, 4.69) is 13.8 Å². The molecule has 0 amide bonds. The summed E-state index contributed by atoms with van der Waals surface area (Å²) in [5, 5.41) is 0. The van der Waals surface area contributed by atoms with Crippen LogP contribution in [0.1, 0.15) is 123 Å². The summed E-state index contributed by atoms with van der Waals surface area (Å²) in [6, 6.07) is 2.10. The molecule has 0 radical (unpaired) electrons. The molecule has 0 saturated carbocycles. The van der Waals surface area contributed by atoms with Crippen molar-refractivity contribution in [2.75, 3.05) is 18.0 Å². The average molecular weight is 762 g/mol. The molecular weight excluding hydrogens is 712 g/mol. The van der Waals surface area contributed by atoms with Crippen LogP contribution < -0.4 is 18.9 Å². The van der Waals surface area contributed by atoms with Crippen molar-refractivity contribution in [3.8, 4) is 17.2 Å². The van der Waals surface area contributed by atoms with Gasteiger partial charge in [0, 0.05) is 43.4 Å². The summed E-state index contributed by atoms with van der Waals surface area (Å²) in [6.07, 6.45) is 16.9. The summed E-state index contributed by atoms with van der Waals surface area (Å²) in [5.74, 6) is -17.7. The van der Waals surface area contributed by atoms with Crippen LogP contribution in [0.3, 0.4) is 0 Å². The maximum Gasteiger partial charge on any atom is 0.864 e. The minimum absolute atomic E-state index is 0.220. The third-order valence-electron chi connectivity index (χ3n) is 8.83. The van der Waals surface area contributed by atoms with E-state index < -0.39 is 82.6 Å². The minimum Gasteiger partial charge on any atom is -0.489 e. The lowest BCUT2D eigenvalue weighted by Crippen LogP contribution is -2.38. The van der Waals surface area contributed by atoms with Gasteiger partial charge in [-0.1, -0.05) is 110 Å². The average Bonchev–Trinajstić information content (AvgIpc) is 3.11. The fourth-order valence-corrected chi connectivity index (χ4v) is 5.93. The van der Waals surface area contributed by atoms with Gasteiger partial charge in [-0.3, -0.25) is 0 Å². The van der Waals surface area contributed by atoms with Crippen molar-refractivity contribution in [1.29, 1.82) is 0 Å². The second-order valence-corrected chi connectivity index (χ2v) is 13.2. The normalized spacial score (nSPS) is 11.2. The van der Waals surface area contributed by atoms with Crippen LogP contribution in [0.4, 0.5) is 45.2 Å². The molecule has 0 saturated heterocycles. The van der Waals surface area contributed by atoms with E-state index in [1.54, 1.807) is 0 Å². The zero-order valence-corrected chi connectivity index (χ0v) is 30.5. The molecule has 0 fully saturated rings. The zero-order chi connectivity index (χ0) is 38.8. The monoisotopic (exact) mass is 761 g/mol. The summed E-state index contributed by atoms with van der Waals surface area (Å²) in [6.45, 7) is 4.70. The highest BCUT2D eigenvalue weighted by atomic mass is 19.2. The van der Waals surface area contributed by atoms with Crippen LogP contribution >= 0.6 is 0 Å². The van der Waals surface area contributed by atoms with Crippen LogP contribution in [0, 0.1) is 52.4 Å². The largest absolute Gasteiger partial charge is 0.864 e. The van der Waals surface area contributed by atoms with E-state index in [1.807, 2.05) is 0 Å². The van der Waals surface area contributed by atoms with Crippen molar-refractivity contribution in [3.63, 3.8) is 0 Å². The van der Waals surface area contributed by atoms with Crippen molar-refractivity contribution in [2.45, 2.75) is 123 Å². The van der Waals surface area contributed by atoms with E-state index in [4.69, 9.17) is 14.0 Å². The zero-order valence-electron chi connectivity index (χ0n) is 30.5. The smallest absolute Gasteiger partial charge is 0.489 e. The minimum atomic E-state index is -2.33. The predicted molar refractivity (Wildman–Crippen MR) is 189 cm³/mol. The number of benzene rings is 3. The summed E-state index contributed by atoms with van der Waals surface area (Å²) in [5.41, 5.74) is -0.505. The van der Waals surface area contributed by atoms with E-state index in [-0.39, 0.29) is 13.1 Å². The lowest BCUT2D eigenvalue weighted by Gasteiger charge is -2.28. The van der Waals surface area contributed by atoms with Gasteiger partial charge in [-0.15, -0.1) is 0 Å². The second-order valence-electron chi connectivity index (χ2n) is 13.2. The van der Waals surface area contributed by atoms with Crippen LogP contribution in [0.25, 0.3) is 0 Å². The second kappa shape index (κ2) is 23.2. The predicted octanol–water partition coefficient (Wildman–Crippen LogP) is 12.9. The molecule has 294 valence electrons. The van der Waals surface area contributed by atoms with Crippen LogP contribution in [0.2, 0.25) is 0 Å². The lowest BCUT2D eigenvalue weighted by atomic mass is 10.1. The van der Waals surface area contributed by atoms with Gasteiger partial charge in [-0.05, 0) is 12.8 Å². The van der Waals surface area contributed by atoms with E-state index >= 15 is 4.39 Å². The van der Waals surface area contributed by atoms with Crippen molar-refractivity contribution < 1.29 is 53.5 Å². The molecule has 0 aliphatic carbocycles. The Hall–Kier alpha value is -3.71. The fourth-order valence-electron chi connectivity index (χ4n) is 5.93. The first-order valence-electron chi connectivity index (χ1n) is 18.7. The molecule has 3 aromatic rings. The molecular formula is C39H49BF9NO3. The van der Waals surface area contributed by atoms with Crippen LogP contribution in [0.15, 0.2) is 30.3 Å². The van der Waals surface area contributed by atoms with Gasteiger partial charge >= 0.3 is 7.32 Å². The van der Waals surface area contributed by atoms with Gasteiger partial charge in [0.2, 0.25) is 0 Å². The van der Waals surface area contributed by atoms with Crippen molar-refractivity contribution >= 4 is 13.0 Å². The van der Waals surface area contributed by atoms with Gasteiger partial charge < -0.3 is 18.9 Å². The number of halogens is 9. The van der Waals surface area contributed by atoms with Gasteiger partial charge in [0.25, 0.3) is 0 Å². The quantitative estimate of drug-likeness (QED) is 0.0353. The Morgan fingerprint density at radius 3 is 1.13 bits per heavy atom. The third kappa shape index (κ3) is 14.2. The van der Waals surface area contributed by atoms with Gasteiger partial charge in [-0.2, -0.15) is 0 Å². The van der Waals surface area contributed by atoms with E-state index in [9.17, 15) is 35.1 Å². The van der Waals surface area contributed by atoms with E-state index in [0.717, 1.165) is 64.2 Å². The first-order chi connectivity index (χ1) is 25.5. The first-order valence-corrected chi connectivity index (χ1v) is 18.7. The molecule has 14 heteroatoms. The van der Waals surface area contributed by atoms with Gasteiger partial charge in [-0.25, -0.2) is 39.5 Å². The summed E-state index contributed by atoms with van der Waals surface area (Å²) in [7, 11) is -2.33. The van der Waals surface area contributed by atoms with Crippen LogP contribution in [0.5, 0.6) is 17.2 Å². The Morgan fingerprint density at radius 2 is 0.755 bits per heavy atom. The number of nitrogens with zero attached hydrogens (tertiary/aromatic N) is 1. The topological polar surface area (TPSA) is 30.9 Å². The standard InChI is InChI=1S/C39H49BF9NO3/c1-3-5-7-9-11-12-13-14-15-17-19-21-50(20-18-16-10-8-6-4-2)39-34(26-33(45)37(48)38(39)49)53-40(51-27-22-29(41)35(46)30(42)23-27)52-28-24-31(43)36(47)32(44)25-28/h22-26H,3-21H2,1-2H3. The van der Waals surface area contributed by atoms with Crippen LogP contribution in [-0.4, -0.2) is 20.4 Å². The van der Waals surface area contributed by atoms with Gasteiger partial charge in [0.05, 0.1) is 0 Å². The van der Waals surface area contributed by atoms with Gasteiger partial charge in [0.1, 0.15) is 22.9 Å². The Labute approximate surface area is 307 Å². The van der Waals surface area contributed by atoms with Gasteiger partial charge in [0.15, 0.2) is 52.4 Å². The molecule has 0 aromatic heterocycles. The maximum atomic E-state index is 15.8. The van der Waals surface area contributed by atoms with Crippen molar-refractivity contribution in [1.82, 2.24) is 0 Å². The highest BCUT2D eigenvalue weighted by Crippen LogP contribution is 2.37. The molecule has 3 rings (SSSR count). The van der Waals surface area contributed by atoms with E-state index in [1.165, 1.54) is 37.0 Å². The van der Waals surface area contributed by atoms with Crippen molar-refractivity contribution in [2.24, 2.45) is 0 Å². The number of rotatable bonds is 26. The number of hydrogen-bond donors (Lipinski definition) is 0. The Kier molecular flexibility index (Phi) is 19.1. The first kappa shape index (κ1) is 43.7.